The van der Waals surface area contributed by atoms with Crippen molar-refractivity contribution in [2.24, 2.45) is 0 Å². The lowest BCUT2D eigenvalue weighted by Crippen LogP contribution is -2.48. The first-order valence-electron chi connectivity index (χ1n) is 12.0. The summed E-state index contributed by atoms with van der Waals surface area (Å²) in [5, 5.41) is 3.10. The molecular formula is C27H33N3O3S. The number of nitrogens with zero attached hydrogens (tertiary/aromatic N) is 3. The number of hydrogen-bond donors (Lipinski definition) is 0. The van der Waals surface area contributed by atoms with Crippen molar-refractivity contribution in [3.05, 3.63) is 65.2 Å². The van der Waals surface area contributed by atoms with Crippen LogP contribution in [0.4, 0.5) is 0 Å². The largest absolute Gasteiger partial charge is 0.493 e. The number of benzene rings is 2. The van der Waals surface area contributed by atoms with E-state index in [0.29, 0.717) is 13.0 Å². The van der Waals surface area contributed by atoms with Gasteiger partial charge in [0.2, 0.25) is 5.91 Å². The van der Waals surface area contributed by atoms with Gasteiger partial charge in [-0.2, -0.15) is 0 Å². The molecule has 4 rings (SSSR count). The second-order valence-corrected chi connectivity index (χ2v) is 9.30. The molecule has 0 radical (unpaired) electrons. The van der Waals surface area contributed by atoms with Gasteiger partial charge >= 0.3 is 0 Å². The molecule has 0 atom stereocenters. The molecule has 1 aromatic heterocycles. The molecule has 0 spiro atoms. The maximum Gasteiger partial charge on any atom is 0.222 e. The van der Waals surface area contributed by atoms with Crippen LogP contribution in [-0.2, 0) is 17.8 Å². The maximum atomic E-state index is 12.6. The van der Waals surface area contributed by atoms with E-state index >= 15 is 0 Å². The fraction of sp³-hybridized carbons (Fsp3) is 0.407. The van der Waals surface area contributed by atoms with Crippen molar-refractivity contribution in [1.82, 2.24) is 14.8 Å². The minimum atomic E-state index is 0.274. The lowest BCUT2D eigenvalue weighted by Gasteiger charge is -2.34. The van der Waals surface area contributed by atoms with Gasteiger partial charge in [-0.05, 0) is 43.5 Å². The fourth-order valence-electron chi connectivity index (χ4n) is 4.22. The quantitative estimate of drug-likeness (QED) is 0.415. The Morgan fingerprint density at radius 2 is 1.85 bits per heavy atom. The molecule has 180 valence electrons. The van der Waals surface area contributed by atoms with E-state index in [-0.39, 0.29) is 5.91 Å². The van der Waals surface area contributed by atoms with E-state index in [1.807, 2.05) is 36.1 Å². The zero-order valence-electron chi connectivity index (χ0n) is 20.0. The third kappa shape index (κ3) is 6.36. The van der Waals surface area contributed by atoms with Crippen molar-refractivity contribution in [3.63, 3.8) is 0 Å². The van der Waals surface area contributed by atoms with Crippen LogP contribution in [0.5, 0.6) is 11.5 Å². The molecule has 0 aliphatic carbocycles. The summed E-state index contributed by atoms with van der Waals surface area (Å²) in [6.45, 7) is 6.71. The first-order valence-corrected chi connectivity index (χ1v) is 12.8. The van der Waals surface area contributed by atoms with Gasteiger partial charge in [0.15, 0.2) is 11.5 Å². The second-order valence-electron chi connectivity index (χ2n) is 8.44. The Morgan fingerprint density at radius 1 is 1.06 bits per heavy atom. The van der Waals surface area contributed by atoms with Crippen LogP contribution in [0.2, 0.25) is 0 Å². The number of methoxy groups -OCH3 is 1. The Balaban J connectivity index is 1.24. The normalized spacial score (nSPS) is 14.2. The standard InChI is InChI=1S/C27H33N3O3S/c1-3-33-24-13-12-22(18-25(24)32-2)27-28-23(20-34-27)19-29-14-16-30(17-15-29)26(31)11-7-10-21-8-5-4-6-9-21/h4-6,8-9,12-13,18,20H,3,7,10-11,14-17,19H2,1-2H3. The maximum absolute atomic E-state index is 12.6. The van der Waals surface area contributed by atoms with Crippen molar-refractivity contribution in [1.29, 1.82) is 0 Å². The molecule has 34 heavy (non-hydrogen) atoms. The zero-order valence-corrected chi connectivity index (χ0v) is 20.9. The lowest BCUT2D eigenvalue weighted by molar-refractivity contribution is -0.133. The molecule has 2 aromatic carbocycles. The van der Waals surface area contributed by atoms with Crippen molar-refractivity contribution < 1.29 is 14.3 Å². The average molecular weight is 480 g/mol. The summed E-state index contributed by atoms with van der Waals surface area (Å²) in [7, 11) is 1.66. The lowest BCUT2D eigenvalue weighted by atomic mass is 10.1. The van der Waals surface area contributed by atoms with Gasteiger partial charge < -0.3 is 14.4 Å². The Kier molecular flexibility index (Phi) is 8.55. The number of piperazine rings is 1. The minimum Gasteiger partial charge on any atom is -0.493 e. The summed E-state index contributed by atoms with van der Waals surface area (Å²) in [5.74, 6) is 1.75. The molecule has 1 aliphatic heterocycles. The van der Waals surface area contributed by atoms with Gasteiger partial charge in [-0.25, -0.2) is 4.98 Å². The molecule has 0 bridgehead atoms. The Morgan fingerprint density at radius 3 is 2.59 bits per heavy atom. The number of aryl methyl sites for hydroxylation is 1. The monoisotopic (exact) mass is 479 g/mol. The number of thiazole rings is 1. The average Bonchev–Trinajstić information content (AvgIpc) is 3.34. The van der Waals surface area contributed by atoms with E-state index in [4.69, 9.17) is 14.5 Å². The van der Waals surface area contributed by atoms with Crippen LogP contribution in [0.25, 0.3) is 10.6 Å². The summed E-state index contributed by atoms with van der Waals surface area (Å²) in [4.78, 5) is 21.9. The highest BCUT2D eigenvalue weighted by atomic mass is 32.1. The molecule has 1 fully saturated rings. The van der Waals surface area contributed by atoms with Gasteiger partial charge in [0, 0.05) is 50.1 Å². The molecular weight excluding hydrogens is 446 g/mol. The molecule has 7 heteroatoms. The first kappa shape index (κ1) is 24.2. The van der Waals surface area contributed by atoms with Crippen LogP contribution in [0.1, 0.15) is 31.0 Å². The topological polar surface area (TPSA) is 54.9 Å². The summed E-state index contributed by atoms with van der Waals surface area (Å²) < 4.78 is 11.1. The third-order valence-corrected chi connectivity index (χ3v) is 7.01. The van der Waals surface area contributed by atoms with Crippen LogP contribution >= 0.6 is 11.3 Å². The molecule has 0 N–H and O–H groups in total. The molecule has 1 amide bonds. The number of ether oxygens (including phenoxy) is 2. The van der Waals surface area contributed by atoms with Gasteiger partial charge in [-0.15, -0.1) is 11.3 Å². The predicted octanol–water partition coefficient (Wildman–Crippen LogP) is 4.88. The highest BCUT2D eigenvalue weighted by Gasteiger charge is 2.21. The SMILES string of the molecule is CCOc1ccc(-c2nc(CN3CCN(C(=O)CCCc4ccccc4)CC3)cs2)cc1OC. The van der Waals surface area contributed by atoms with E-state index in [9.17, 15) is 4.79 Å². The smallest absolute Gasteiger partial charge is 0.222 e. The molecule has 6 nitrogen and oxygen atoms in total. The van der Waals surface area contributed by atoms with Gasteiger partial charge in [0.1, 0.15) is 5.01 Å². The van der Waals surface area contributed by atoms with Crippen molar-refractivity contribution in [3.8, 4) is 22.1 Å². The fourth-order valence-corrected chi connectivity index (χ4v) is 5.03. The van der Waals surface area contributed by atoms with Crippen molar-refractivity contribution >= 4 is 17.2 Å². The molecule has 1 aliphatic rings. The molecule has 2 heterocycles. The highest BCUT2D eigenvalue weighted by molar-refractivity contribution is 7.13. The number of carbonyl (C=O) groups is 1. The summed E-state index contributed by atoms with van der Waals surface area (Å²) in [6.07, 6.45) is 2.48. The summed E-state index contributed by atoms with van der Waals surface area (Å²) in [6, 6.07) is 16.3. The van der Waals surface area contributed by atoms with Crippen molar-refractivity contribution in [2.45, 2.75) is 32.7 Å². The number of hydrogen-bond acceptors (Lipinski definition) is 6. The highest BCUT2D eigenvalue weighted by Crippen LogP contribution is 2.34. The van der Waals surface area contributed by atoms with E-state index < -0.39 is 0 Å². The number of amides is 1. The predicted molar refractivity (Wildman–Crippen MR) is 137 cm³/mol. The summed E-state index contributed by atoms with van der Waals surface area (Å²) >= 11 is 1.64. The van der Waals surface area contributed by atoms with Crippen LogP contribution in [0.15, 0.2) is 53.9 Å². The van der Waals surface area contributed by atoms with Crippen LogP contribution in [-0.4, -0.2) is 60.6 Å². The molecule has 0 unspecified atom stereocenters. The molecule has 1 saturated heterocycles. The molecule has 3 aromatic rings. The Labute approximate surface area is 206 Å². The van der Waals surface area contributed by atoms with E-state index in [1.165, 1.54) is 5.56 Å². The zero-order chi connectivity index (χ0) is 23.8. The number of aromatic nitrogens is 1. The Hall–Kier alpha value is -2.90. The van der Waals surface area contributed by atoms with Gasteiger partial charge in [-0.3, -0.25) is 9.69 Å². The van der Waals surface area contributed by atoms with Gasteiger partial charge in [0.25, 0.3) is 0 Å². The van der Waals surface area contributed by atoms with Gasteiger partial charge in [0.05, 0.1) is 19.4 Å². The molecule has 0 saturated carbocycles. The van der Waals surface area contributed by atoms with Gasteiger partial charge in [-0.1, -0.05) is 30.3 Å². The number of carbonyl (C=O) groups excluding carboxylic acids is 1. The van der Waals surface area contributed by atoms with Crippen molar-refractivity contribution in [2.75, 3.05) is 39.9 Å². The van der Waals surface area contributed by atoms with Crippen LogP contribution < -0.4 is 9.47 Å². The minimum absolute atomic E-state index is 0.274. The van der Waals surface area contributed by atoms with Crippen LogP contribution in [0, 0.1) is 0 Å². The number of rotatable bonds is 10. The van der Waals surface area contributed by atoms with E-state index in [0.717, 1.165) is 73.3 Å². The van der Waals surface area contributed by atoms with E-state index in [1.54, 1.807) is 18.4 Å². The second kappa shape index (κ2) is 12.0. The third-order valence-electron chi connectivity index (χ3n) is 6.07. The summed E-state index contributed by atoms with van der Waals surface area (Å²) in [5.41, 5.74) is 3.39. The van der Waals surface area contributed by atoms with Crippen LogP contribution in [0.3, 0.4) is 0 Å². The van der Waals surface area contributed by atoms with E-state index in [2.05, 4.69) is 34.5 Å². The first-order chi connectivity index (χ1) is 16.7. The Bertz CT molecular complexity index is 1060.